The van der Waals surface area contributed by atoms with Crippen molar-refractivity contribution in [2.45, 2.75) is 25.6 Å². The lowest BCUT2D eigenvalue weighted by Gasteiger charge is -2.17. The maximum atomic E-state index is 12.6. The van der Waals surface area contributed by atoms with Gasteiger partial charge in [-0.3, -0.25) is 11.3 Å². The Kier molecular flexibility index (Phi) is 5.58. The number of hydrazine groups is 1. The number of nitrogens with two attached hydrogens (primary N) is 1. The lowest BCUT2D eigenvalue weighted by Crippen LogP contribution is -2.29. The van der Waals surface area contributed by atoms with Crippen molar-refractivity contribution in [1.82, 2.24) is 5.43 Å². The van der Waals surface area contributed by atoms with Gasteiger partial charge in [0.05, 0.1) is 5.56 Å². The van der Waals surface area contributed by atoms with Crippen LogP contribution in [-0.2, 0) is 10.9 Å². The van der Waals surface area contributed by atoms with Crippen molar-refractivity contribution in [2.24, 2.45) is 5.84 Å². The molecule has 1 atom stereocenters. The fraction of sp³-hybridized carbons (Fsp3) is 0.500. The molecule has 0 heterocycles. The average Bonchev–Trinajstić information content (AvgIpc) is 2.34. The number of ether oxygens (including phenoxy) is 1. The van der Waals surface area contributed by atoms with Gasteiger partial charge < -0.3 is 4.74 Å². The highest BCUT2D eigenvalue weighted by Gasteiger charge is 2.30. The Bertz CT molecular complexity index is 369. The van der Waals surface area contributed by atoms with Crippen LogP contribution in [0.5, 0.6) is 0 Å². The Balaban J connectivity index is 2.79. The zero-order chi connectivity index (χ0) is 13.6. The summed E-state index contributed by atoms with van der Waals surface area (Å²) in [5, 5.41) is 0. The minimum Gasteiger partial charge on any atom is -0.382 e. The first-order valence-corrected chi connectivity index (χ1v) is 5.70. The summed E-state index contributed by atoms with van der Waals surface area (Å²) in [7, 11) is 0. The zero-order valence-corrected chi connectivity index (χ0v) is 10.1. The Morgan fingerprint density at radius 3 is 2.67 bits per heavy atom. The number of rotatable bonds is 6. The molecule has 0 radical (unpaired) electrons. The molecule has 1 unspecified atom stereocenters. The highest BCUT2D eigenvalue weighted by atomic mass is 19.4. The van der Waals surface area contributed by atoms with Gasteiger partial charge in [-0.15, -0.1) is 0 Å². The van der Waals surface area contributed by atoms with E-state index in [0.717, 1.165) is 12.1 Å². The SMILES string of the molecule is CCOCCC(NN)c1cccc(C(F)(F)F)c1. The van der Waals surface area contributed by atoms with Crippen molar-refractivity contribution in [2.75, 3.05) is 13.2 Å². The monoisotopic (exact) mass is 262 g/mol. The topological polar surface area (TPSA) is 47.3 Å². The maximum absolute atomic E-state index is 12.6. The molecule has 1 rings (SSSR count). The van der Waals surface area contributed by atoms with Crippen LogP contribution in [0.3, 0.4) is 0 Å². The van der Waals surface area contributed by atoms with Gasteiger partial charge in [-0.2, -0.15) is 13.2 Å². The minimum absolute atomic E-state index is 0.348. The standard InChI is InChI=1S/C12H17F3N2O/c1-2-18-7-6-11(17-16)9-4-3-5-10(8-9)12(13,14)15/h3-5,8,11,17H,2,6-7,16H2,1H3. The zero-order valence-electron chi connectivity index (χ0n) is 10.1. The first-order valence-electron chi connectivity index (χ1n) is 5.70. The molecule has 3 N–H and O–H groups in total. The second-order valence-corrected chi connectivity index (χ2v) is 3.83. The largest absolute Gasteiger partial charge is 0.416 e. The maximum Gasteiger partial charge on any atom is 0.416 e. The normalized spacial score (nSPS) is 13.6. The molecule has 102 valence electrons. The van der Waals surface area contributed by atoms with E-state index in [1.165, 1.54) is 6.07 Å². The van der Waals surface area contributed by atoms with E-state index < -0.39 is 11.7 Å². The second kappa shape index (κ2) is 6.72. The van der Waals surface area contributed by atoms with E-state index in [1.54, 1.807) is 6.07 Å². The van der Waals surface area contributed by atoms with Crippen LogP contribution < -0.4 is 11.3 Å². The van der Waals surface area contributed by atoms with Crippen LogP contribution in [0.2, 0.25) is 0 Å². The molecule has 1 aromatic carbocycles. The number of nitrogens with one attached hydrogen (secondary N) is 1. The predicted octanol–water partition coefficient (Wildman–Crippen LogP) is 2.64. The third-order valence-corrected chi connectivity index (χ3v) is 2.57. The number of alkyl halides is 3. The molecule has 0 fully saturated rings. The summed E-state index contributed by atoms with van der Waals surface area (Å²) in [6, 6.07) is 4.80. The third-order valence-electron chi connectivity index (χ3n) is 2.57. The van der Waals surface area contributed by atoms with Crippen LogP contribution in [-0.4, -0.2) is 13.2 Å². The molecule has 0 aliphatic carbocycles. The van der Waals surface area contributed by atoms with Gasteiger partial charge in [0.15, 0.2) is 0 Å². The fourth-order valence-corrected chi connectivity index (χ4v) is 1.62. The molecule has 1 aromatic rings. The van der Waals surface area contributed by atoms with E-state index in [-0.39, 0.29) is 6.04 Å². The summed E-state index contributed by atoms with van der Waals surface area (Å²) in [6.07, 6.45) is -3.82. The van der Waals surface area contributed by atoms with Crippen molar-refractivity contribution in [3.8, 4) is 0 Å². The molecule has 0 saturated heterocycles. The molecule has 0 spiro atoms. The van der Waals surface area contributed by atoms with Gasteiger partial charge in [-0.1, -0.05) is 12.1 Å². The van der Waals surface area contributed by atoms with Crippen LogP contribution in [0, 0.1) is 0 Å². The molecule has 0 amide bonds. The molecular weight excluding hydrogens is 245 g/mol. The summed E-state index contributed by atoms with van der Waals surface area (Å²) < 4.78 is 42.9. The lowest BCUT2D eigenvalue weighted by molar-refractivity contribution is -0.137. The molecule has 0 aliphatic heterocycles. The predicted molar refractivity (Wildman–Crippen MR) is 62.6 cm³/mol. The number of benzene rings is 1. The smallest absolute Gasteiger partial charge is 0.382 e. The van der Waals surface area contributed by atoms with Gasteiger partial charge in [-0.25, -0.2) is 0 Å². The van der Waals surface area contributed by atoms with Gasteiger partial charge in [-0.05, 0) is 31.0 Å². The first-order chi connectivity index (χ1) is 8.49. The molecule has 6 heteroatoms. The fourth-order valence-electron chi connectivity index (χ4n) is 1.62. The van der Waals surface area contributed by atoms with Gasteiger partial charge in [0, 0.05) is 19.3 Å². The van der Waals surface area contributed by atoms with Gasteiger partial charge in [0.25, 0.3) is 0 Å². The summed E-state index contributed by atoms with van der Waals surface area (Å²) in [5.74, 6) is 5.36. The molecule has 0 bridgehead atoms. The van der Waals surface area contributed by atoms with Crippen molar-refractivity contribution in [3.63, 3.8) is 0 Å². The third kappa shape index (κ3) is 4.29. The molecule has 18 heavy (non-hydrogen) atoms. The van der Waals surface area contributed by atoms with Gasteiger partial charge in [0.1, 0.15) is 0 Å². The number of hydrogen-bond acceptors (Lipinski definition) is 3. The Hall–Kier alpha value is -1.11. The number of halogens is 3. The average molecular weight is 262 g/mol. The molecule has 0 aromatic heterocycles. The van der Waals surface area contributed by atoms with E-state index in [1.807, 2.05) is 6.92 Å². The molecule has 0 aliphatic rings. The molecule has 3 nitrogen and oxygen atoms in total. The highest BCUT2D eigenvalue weighted by molar-refractivity contribution is 5.27. The van der Waals surface area contributed by atoms with Crippen LogP contribution >= 0.6 is 0 Å². The summed E-state index contributed by atoms with van der Waals surface area (Å²) in [6.45, 7) is 2.87. The van der Waals surface area contributed by atoms with E-state index in [0.29, 0.717) is 25.2 Å². The van der Waals surface area contributed by atoms with E-state index in [2.05, 4.69) is 5.43 Å². The Labute approximate surface area is 104 Å². The Morgan fingerprint density at radius 1 is 1.39 bits per heavy atom. The summed E-state index contributed by atoms with van der Waals surface area (Å²) >= 11 is 0. The van der Waals surface area contributed by atoms with Crippen LogP contribution in [0.1, 0.15) is 30.5 Å². The lowest BCUT2D eigenvalue weighted by atomic mass is 10.0. The first kappa shape index (κ1) is 14.9. The van der Waals surface area contributed by atoms with Crippen LogP contribution in [0.4, 0.5) is 13.2 Å². The quantitative estimate of drug-likeness (QED) is 0.470. The van der Waals surface area contributed by atoms with E-state index >= 15 is 0 Å². The highest BCUT2D eigenvalue weighted by Crippen LogP contribution is 2.31. The van der Waals surface area contributed by atoms with Crippen molar-refractivity contribution in [1.29, 1.82) is 0 Å². The van der Waals surface area contributed by atoms with Crippen LogP contribution in [0.25, 0.3) is 0 Å². The van der Waals surface area contributed by atoms with Gasteiger partial charge >= 0.3 is 6.18 Å². The minimum atomic E-state index is -4.34. The second-order valence-electron chi connectivity index (χ2n) is 3.83. The summed E-state index contributed by atoms with van der Waals surface area (Å²) in [5.41, 5.74) is 2.35. The number of hydrogen-bond donors (Lipinski definition) is 2. The van der Waals surface area contributed by atoms with Crippen molar-refractivity contribution in [3.05, 3.63) is 35.4 Å². The van der Waals surface area contributed by atoms with Crippen LogP contribution in [0.15, 0.2) is 24.3 Å². The van der Waals surface area contributed by atoms with E-state index in [9.17, 15) is 13.2 Å². The van der Waals surface area contributed by atoms with E-state index in [4.69, 9.17) is 10.6 Å². The van der Waals surface area contributed by atoms with Gasteiger partial charge in [0.2, 0.25) is 0 Å². The Morgan fingerprint density at radius 2 is 2.11 bits per heavy atom. The van der Waals surface area contributed by atoms with Crippen molar-refractivity contribution < 1.29 is 17.9 Å². The summed E-state index contributed by atoms with van der Waals surface area (Å²) in [4.78, 5) is 0. The van der Waals surface area contributed by atoms with Crippen molar-refractivity contribution >= 4 is 0 Å². The molecule has 0 saturated carbocycles. The molecular formula is C12H17F3N2O.